The molecule has 0 rings (SSSR count). The second-order valence-electron chi connectivity index (χ2n) is 3.08. The lowest BCUT2D eigenvalue weighted by Crippen LogP contribution is -2.25. The van der Waals surface area contributed by atoms with Gasteiger partial charge in [-0.3, -0.25) is 4.79 Å². The van der Waals surface area contributed by atoms with Crippen LogP contribution in [0.4, 0.5) is 0 Å². The van der Waals surface area contributed by atoms with Crippen molar-refractivity contribution in [2.75, 3.05) is 0 Å². The predicted molar refractivity (Wildman–Crippen MR) is 60.0 cm³/mol. The largest absolute Gasteiger partial charge is 0.298 e. The monoisotopic (exact) mass is 204 g/mol. The smallest absolute Gasteiger partial charge is 0.155 e. The standard InChI is InChI=1S/C9H16OS2/c1-4-5-7(2)6-9(11,12)8(3)10/h4-5,7,11-12H,6H2,1-3H3. The van der Waals surface area contributed by atoms with Crippen molar-refractivity contribution in [3.63, 3.8) is 0 Å². The molecule has 0 aromatic rings. The number of hydrogen-bond donors (Lipinski definition) is 2. The van der Waals surface area contributed by atoms with Crippen LogP contribution >= 0.6 is 25.3 Å². The van der Waals surface area contributed by atoms with E-state index in [-0.39, 0.29) is 5.78 Å². The maximum Gasteiger partial charge on any atom is 0.155 e. The molecule has 0 aliphatic rings. The Labute approximate surface area is 85.4 Å². The molecule has 1 unspecified atom stereocenters. The molecule has 1 nitrogen and oxygen atoms in total. The van der Waals surface area contributed by atoms with E-state index in [4.69, 9.17) is 0 Å². The van der Waals surface area contributed by atoms with Crippen LogP contribution in [0.5, 0.6) is 0 Å². The maximum absolute atomic E-state index is 11.0. The molecular formula is C9H16OS2. The molecule has 1 atom stereocenters. The molecule has 0 bridgehead atoms. The average molecular weight is 204 g/mol. The molecule has 0 heterocycles. The molecule has 0 aromatic carbocycles. The van der Waals surface area contributed by atoms with E-state index in [1.54, 1.807) is 0 Å². The van der Waals surface area contributed by atoms with E-state index in [9.17, 15) is 4.79 Å². The Morgan fingerprint density at radius 1 is 1.58 bits per heavy atom. The average Bonchev–Trinajstić information content (AvgIpc) is 1.85. The summed E-state index contributed by atoms with van der Waals surface area (Å²) in [5.41, 5.74) is 0. The van der Waals surface area contributed by atoms with Gasteiger partial charge in [-0.25, -0.2) is 0 Å². The van der Waals surface area contributed by atoms with Gasteiger partial charge in [-0.15, -0.1) is 0 Å². The number of thiol groups is 2. The van der Waals surface area contributed by atoms with Crippen LogP contribution in [0, 0.1) is 5.92 Å². The molecule has 0 fully saturated rings. The van der Waals surface area contributed by atoms with Gasteiger partial charge in [0.25, 0.3) is 0 Å². The van der Waals surface area contributed by atoms with Crippen LogP contribution in [0.2, 0.25) is 0 Å². The molecule has 70 valence electrons. The Morgan fingerprint density at radius 2 is 2.08 bits per heavy atom. The lowest BCUT2D eigenvalue weighted by molar-refractivity contribution is -0.117. The minimum absolute atomic E-state index is 0.00511. The molecule has 0 aromatic heterocycles. The van der Waals surface area contributed by atoms with Crippen LogP contribution in [-0.2, 0) is 4.79 Å². The van der Waals surface area contributed by atoms with Crippen molar-refractivity contribution >= 4 is 31.0 Å². The summed E-state index contributed by atoms with van der Waals surface area (Å²) in [7, 11) is 0. The van der Waals surface area contributed by atoms with Gasteiger partial charge in [0.05, 0.1) is 0 Å². The topological polar surface area (TPSA) is 17.1 Å². The highest BCUT2D eigenvalue weighted by atomic mass is 32.2. The highest BCUT2D eigenvalue weighted by molar-refractivity contribution is 8.02. The summed E-state index contributed by atoms with van der Waals surface area (Å²) >= 11 is 8.39. The van der Waals surface area contributed by atoms with Gasteiger partial charge in [-0.05, 0) is 26.2 Å². The van der Waals surface area contributed by atoms with Crippen molar-refractivity contribution in [1.29, 1.82) is 0 Å². The molecule has 0 aliphatic heterocycles. The number of hydrogen-bond acceptors (Lipinski definition) is 3. The third-order valence-corrected chi connectivity index (χ3v) is 2.69. The van der Waals surface area contributed by atoms with Gasteiger partial charge in [-0.2, -0.15) is 25.3 Å². The molecule has 0 aliphatic carbocycles. The van der Waals surface area contributed by atoms with Crippen molar-refractivity contribution in [2.24, 2.45) is 5.92 Å². The summed E-state index contributed by atoms with van der Waals surface area (Å²) in [5.74, 6) is 0.347. The lowest BCUT2D eigenvalue weighted by atomic mass is 10.0. The fourth-order valence-electron chi connectivity index (χ4n) is 0.989. The van der Waals surface area contributed by atoms with Crippen LogP contribution < -0.4 is 0 Å². The van der Waals surface area contributed by atoms with Crippen LogP contribution in [0.25, 0.3) is 0 Å². The van der Waals surface area contributed by atoms with Crippen LogP contribution in [0.1, 0.15) is 27.2 Å². The first-order valence-corrected chi connectivity index (χ1v) is 4.88. The molecule has 0 saturated carbocycles. The zero-order chi connectivity index (χ0) is 9.78. The van der Waals surface area contributed by atoms with Crippen LogP contribution in [0.15, 0.2) is 12.2 Å². The summed E-state index contributed by atoms with van der Waals surface area (Å²) in [6.07, 6.45) is 4.69. The summed E-state index contributed by atoms with van der Waals surface area (Å²) in [6, 6.07) is 0. The Bertz CT molecular complexity index is 185. The van der Waals surface area contributed by atoms with Gasteiger partial charge in [0, 0.05) is 0 Å². The van der Waals surface area contributed by atoms with Gasteiger partial charge in [0.1, 0.15) is 4.08 Å². The fraction of sp³-hybridized carbons (Fsp3) is 0.667. The van der Waals surface area contributed by atoms with Crippen molar-refractivity contribution in [1.82, 2.24) is 0 Å². The molecular weight excluding hydrogens is 188 g/mol. The van der Waals surface area contributed by atoms with E-state index in [2.05, 4.69) is 25.3 Å². The Kier molecular flexibility index (Phi) is 5.02. The summed E-state index contributed by atoms with van der Waals surface area (Å²) in [6.45, 7) is 5.52. The van der Waals surface area contributed by atoms with Crippen LogP contribution in [-0.4, -0.2) is 9.86 Å². The quantitative estimate of drug-likeness (QED) is 0.409. The summed E-state index contributed by atoms with van der Waals surface area (Å²) in [4.78, 5) is 11.0. The SMILES string of the molecule is CC=CC(C)CC(S)(S)C(C)=O. The maximum atomic E-state index is 11.0. The zero-order valence-electron chi connectivity index (χ0n) is 7.74. The van der Waals surface area contributed by atoms with E-state index in [1.807, 2.05) is 26.0 Å². The minimum Gasteiger partial charge on any atom is -0.298 e. The molecule has 0 spiro atoms. The van der Waals surface area contributed by atoms with E-state index in [0.29, 0.717) is 12.3 Å². The van der Waals surface area contributed by atoms with Crippen LogP contribution in [0.3, 0.4) is 0 Å². The van der Waals surface area contributed by atoms with Gasteiger partial charge in [-0.1, -0.05) is 19.1 Å². The van der Waals surface area contributed by atoms with Gasteiger partial charge in [0.2, 0.25) is 0 Å². The molecule has 12 heavy (non-hydrogen) atoms. The van der Waals surface area contributed by atoms with E-state index >= 15 is 0 Å². The highest BCUT2D eigenvalue weighted by Crippen LogP contribution is 2.29. The second kappa shape index (κ2) is 4.97. The molecule has 0 amide bonds. The molecule has 3 heteroatoms. The Morgan fingerprint density at radius 3 is 2.42 bits per heavy atom. The summed E-state index contributed by atoms with van der Waals surface area (Å²) in [5, 5.41) is 0. The zero-order valence-corrected chi connectivity index (χ0v) is 9.53. The summed E-state index contributed by atoms with van der Waals surface area (Å²) < 4.78 is -0.779. The third-order valence-electron chi connectivity index (χ3n) is 1.69. The number of rotatable bonds is 4. The normalized spacial score (nSPS) is 15.1. The van der Waals surface area contributed by atoms with E-state index < -0.39 is 4.08 Å². The third kappa shape index (κ3) is 4.21. The first kappa shape index (κ1) is 12.1. The predicted octanol–water partition coefficient (Wildman–Crippen LogP) is 2.73. The Hall–Kier alpha value is 0.110. The minimum atomic E-state index is -0.779. The number of carbonyl (C=O) groups is 1. The first-order valence-electron chi connectivity index (χ1n) is 3.98. The number of allylic oxidation sites excluding steroid dienone is 2. The Balaban J connectivity index is 4.14. The van der Waals surface area contributed by atoms with E-state index in [0.717, 1.165) is 0 Å². The number of carbonyl (C=O) groups excluding carboxylic acids is 1. The highest BCUT2D eigenvalue weighted by Gasteiger charge is 2.27. The number of Topliss-reactive ketones (excluding diaryl/α,β-unsaturated/α-hetero) is 1. The molecule has 0 N–H and O–H groups in total. The van der Waals surface area contributed by atoms with Crippen molar-refractivity contribution in [3.8, 4) is 0 Å². The van der Waals surface area contributed by atoms with Crippen molar-refractivity contribution in [3.05, 3.63) is 12.2 Å². The number of ketones is 1. The van der Waals surface area contributed by atoms with Gasteiger partial charge < -0.3 is 0 Å². The van der Waals surface area contributed by atoms with Gasteiger partial charge in [0.15, 0.2) is 5.78 Å². The van der Waals surface area contributed by atoms with Gasteiger partial charge >= 0.3 is 0 Å². The lowest BCUT2D eigenvalue weighted by Gasteiger charge is -2.21. The van der Waals surface area contributed by atoms with Crippen molar-refractivity contribution in [2.45, 2.75) is 31.3 Å². The van der Waals surface area contributed by atoms with Crippen molar-refractivity contribution < 1.29 is 4.79 Å². The molecule has 0 radical (unpaired) electrons. The first-order chi connectivity index (χ1) is 5.40. The fourth-order valence-corrected chi connectivity index (χ4v) is 1.57. The molecule has 0 saturated heterocycles. The second-order valence-corrected chi connectivity index (χ2v) is 4.96. The van der Waals surface area contributed by atoms with E-state index in [1.165, 1.54) is 6.92 Å².